The molecule has 1 unspecified atom stereocenters. The van der Waals surface area contributed by atoms with Crippen LogP contribution in [0.1, 0.15) is 51.4 Å². The van der Waals surface area contributed by atoms with Gasteiger partial charge in [-0.25, -0.2) is 9.37 Å². The maximum absolute atomic E-state index is 13.6. The van der Waals surface area contributed by atoms with Gasteiger partial charge in [0.25, 0.3) is 5.91 Å². The van der Waals surface area contributed by atoms with Crippen molar-refractivity contribution in [2.75, 3.05) is 6.54 Å². The molecule has 8 heteroatoms. The van der Waals surface area contributed by atoms with Crippen molar-refractivity contribution in [2.45, 2.75) is 46.3 Å². The maximum atomic E-state index is 13.6. The minimum absolute atomic E-state index is 0.0301. The van der Waals surface area contributed by atoms with Gasteiger partial charge in [0, 0.05) is 6.54 Å². The lowest BCUT2D eigenvalue weighted by atomic mass is 9.94. The van der Waals surface area contributed by atoms with Gasteiger partial charge in [-0.3, -0.25) is 9.59 Å². The number of rotatable bonds is 8. The largest absolute Gasteiger partial charge is 0.503 e. The molecule has 6 nitrogen and oxygen atoms in total. The van der Waals surface area contributed by atoms with Crippen LogP contribution in [0.15, 0.2) is 59.9 Å². The molecule has 0 saturated carbocycles. The van der Waals surface area contributed by atoms with E-state index in [0.29, 0.717) is 28.3 Å². The van der Waals surface area contributed by atoms with Gasteiger partial charge in [-0.15, -0.1) is 11.3 Å². The number of aryl methyl sites for hydroxylation is 2. The van der Waals surface area contributed by atoms with Crippen LogP contribution in [-0.2, 0) is 11.2 Å². The molecule has 0 spiro atoms. The summed E-state index contributed by atoms with van der Waals surface area (Å²) in [7, 11) is 0. The highest BCUT2D eigenvalue weighted by Crippen LogP contribution is 2.41. The van der Waals surface area contributed by atoms with Crippen molar-refractivity contribution < 1.29 is 23.8 Å². The van der Waals surface area contributed by atoms with Crippen LogP contribution >= 0.6 is 11.3 Å². The molecule has 1 amide bonds. The number of aliphatic hydroxyl groups is 1. The van der Waals surface area contributed by atoms with Crippen LogP contribution in [0.4, 0.5) is 4.39 Å². The molecule has 1 atom stereocenters. The third kappa shape index (κ3) is 5.12. The fraction of sp³-hybridized carbons (Fsp3) is 0.296. The van der Waals surface area contributed by atoms with Gasteiger partial charge in [0.05, 0.1) is 33.3 Å². The standard InChI is InChI=1S/C27H27FN2O4S/c1-15(2)34-21-7-5-6-19(14-21)23-22(24(31)26-16(3)29-17(4)35-26)25(32)27(33)30(23)13-12-18-8-10-20(28)11-9-18/h5-11,14-15,23,32H,12-13H2,1-4H3. The smallest absolute Gasteiger partial charge is 0.290 e. The Balaban J connectivity index is 1.75. The zero-order valence-electron chi connectivity index (χ0n) is 20.0. The molecule has 2 aromatic carbocycles. The first-order valence-corrected chi connectivity index (χ1v) is 12.2. The minimum atomic E-state index is -0.798. The monoisotopic (exact) mass is 494 g/mol. The first-order valence-electron chi connectivity index (χ1n) is 11.4. The molecule has 182 valence electrons. The SMILES string of the molecule is Cc1nc(C)c(C(=O)C2=C(O)C(=O)N(CCc3ccc(F)cc3)C2c2cccc(OC(C)C)c2)s1. The van der Waals surface area contributed by atoms with E-state index in [0.717, 1.165) is 10.6 Å². The highest BCUT2D eigenvalue weighted by Gasteiger charge is 2.44. The second kappa shape index (κ2) is 10.00. The Bertz CT molecular complexity index is 1300. The Kier molecular flexibility index (Phi) is 7.03. The third-order valence-corrected chi connectivity index (χ3v) is 6.83. The average molecular weight is 495 g/mol. The van der Waals surface area contributed by atoms with Gasteiger partial charge in [-0.05, 0) is 69.5 Å². The summed E-state index contributed by atoms with van der Waals surface area (Å²) in [6.07, 6.45) is 0.371. The van der Waals surface area contributed by atoms with E-state index in [4.69, 9.17) is 4.74 Å². The normalized spacial score (nSPS) is 15.9. The Hall–Kier alpha value is -3.52. The van der Waals surface area contributed by atoms with E-state index in [1.54, 1.807) is 31.2 Å². The summed E-state index contributed by atoms with van der Waals surface area (Å²) in [5, 5.41) is 11.6. The number of aromatic nitrogens is 1. The van der Waals surface area contributed by atoms with Crippen LogP contribution < -0.4 is 4.74 Å². The molecule has 1 N–H and O–H groups in total. The number of amides is 1. The van der Waals surface area contributed by atoms with Crippen LogP contribution in [0.2, 0.25) is 0 Å². The number of carbonyl (C=O) groups excluding carboxylic acids is 2. The van der Waals surface area contributed by atoms with E-state index in [1.807, 2.05) is 32.9 Å². The van der Waals surface area contributed by atoms with Crippen molar-refractivity contribution in [1.82, 2.24) is 9.88 Å². The molecular formula is C27H27FN2O4S. The molecule has 1 aromatic heterocycles. The summed E-state index contributed by atoms with van der Waals surface area (Å²) in [4.78, 5) is 33.1. The van der Waals surface area contributed by atoms with Gasteiger partial charge in [0.1, 0.15) is 11.6 Å². The highest BCUT2D eigenvalue weighted by atomic mass is 32.1. The second-order valence-corrected chi connectivity index (χ2v) is 9.96. The number of aliphatic hydroxyl groups excluding tert-OH is 1. The first kappa shape index (κ1) is 24.6. The number of thiazole rings is 1. The molecule has 1 aliphatic rings. The molecule has 3 aromatic rings. The summed E-state index contributed by atoms with van der Waals surface area (Å²) in [5.41, 5.74) is 2.08. The molecule has 0 aliphatic carbocycles. The van der Waals surface area contributed by atoms with Crippen molar-refractivity contribution in [3.8, 4) is 5.75 Å². The summed E-state index contributed by atoms with van der Waals surface area (Å²) in [5.74, 6) is -1.32. The number of benzene rings is 2. The highest BCUT2D eigenvalue weighted by molar-refractivity contribution is 7.14. The number of carbonyl (C=O) groups is 2. The number of halogens is 1. The number of ketones is 1. The first-order chi connectivity index (χ1) is 16.7. The van der Waals surface area contributed by atoms with Gasteiger partial charge >= 0.3 is 0 Å². The maximum Gasteiger partial charge on any atom is 0.290 e. The molecule has 0 saturated heterocycles. The fourth-order valence-corrected chi connectivity index (χ4v) is 5.13. The Morgan fingerprint density at radius 2 is 1.91 bits per heavy atom. The third-order valence-electron chi connectivity index (χ3n) is 5.76. The fourth-order valence-electron chi connectivity index (χ4n) is 4.26. The van der Waals surface area contributed by atoms with E-state index < -0.39 is 23.5 Å². The lowest BCUT2D eigenvalue weighted by molar-refractivity contribution is -0.129. The predicted octanol–water partition coefficient (Wildman–Crippen LogP) is 5.51. The lowest BCUT2D eigenvalue weighted by Crippen LogP contribution is -2.33. The second-order valence-electron chi connectivity index (χ2n) is 8.76. The number of hydrogen-bond acceptors (Lipinski definition) is 6. The van der Waals surface area contributed by atoms with E-state index in [-0.39, 0.29) is 24.0 Å². The van der Waals surface area contributed by atoms with Crippen LogP contribution in [0.5, 0.6) is 5.75 Å². The van der Waals surface area contributed by atoms with Crippen LogP contribution in [-0.4, -0.2) is 39.3 Å². The van der Waals surface area contributed by atoms with Crippen molar-refractivity contribution >= 4 is 23.0 Å². The van der Waals surface area contributed by atoms with Gasteiger partial charge in [-0.1, -0.05) is 24.3 Å². The van der Waals surface area contributed by atoms with E-state index in [2.05, 4.69) is 4.98 Å². The van der Waals surface area contributed by atoms with E-state index >= 15 is 0 Å². The molecule has 1 aliphatic heterocycles. The average Bonchev–Trinajstić information content (AvgIpc) is 3.28. The quantitative estimate of drug-likeness (QED) is 0.418. The Morgan fingerprint density at radius 3 is 2.54 bits per heavy atom. The van der Waals surface area contributed by atoms with Crippen LogP contribution in [0.3, 0.4) is 0 Å². The van der Waals surface area contributed by atoms with Gasteiger partial charge in [0.15, 0.2) is 5.76 Å². The van der Waals surface area contributed by atoms with Crippen molar-refractivity contribution in [2.24, 2.45) is 0 Å². The van der Waals surface area contributed by atoms with Crippen LogP contribution in [0.25, 0.3) is 0 Å². The van der Waals surface area contributed by atoms with Gasteiger partial charge < -0.3 is 14.7 Å². The summed E-state index contributed by atoms with van der Waals surface area (Å²) in [6, 6.07) is 12.5. The van der Waals surface area contributed by atoms with Gasteiger partial charge in [-0.2, -0.15) is 0 Å². The molecule has 35 heavy (non-hydrogen) atoms. The van der Waals surface area contributed by atoms with Gasteiger partial charge in [0.2, 0.25) is 5.78 Å². The van der Waals surface area contributed by atoms with Crippen molar-refractivity contribution in [1.29, 1.82) is 0 Å². The van der Waals surface area contributed by atoms with E-state index in [1.165, 1.54) is 28.4 Å². The zero-order valence-corrected chi connectivity index (χ0v) is 20.9. The number of Topliss-reactive ketones (excluding diaryl/α,β-unsaturated/α-hetero) is 1. The summed E-state index contributed by atoms with van der Waals surface area (Å²) >= 11 is 1.24. The molecule has 0 fully saturated rings. The van der Waals surface area contributed by atoms with E-state index in [9.17, 15) is 19.1 Å². The molecular weight excluding hydrogens is 467 g/mol. The predicted molar refractivity (Wildman–Crippen MR) is 132 cm³/mol. The molecule has 4 rings (SSSR count). The summed E-state index contributed by atoms with van der Waals surface area (Å²) < 4.78 is 19.2. The number of ether oxygens (including phenoxy) is 1. The molecule has 0 bridgehead atoms. The molecule has 2 heterocycles. The molecule has 0 radical (unpaired) electrons. The Morgan fingerprint density at radius 1 is 1.20 bits per heavy atom. The lowest BCUT2D eigenvalue weighted by Gasteiger charge is -2.27. The number of nitrogens with zero attached hydrogens (tertiary/aromatic N) is 2. The van der Waals surface area contributed by atoms with Crippen LogP contribution in [0, 0.1) is 19.7 Å². The minimum Gasteiger partial charge on any atom is -0.503 e. The topological polar surface area (TPSA) is 79.7 Å². The summed E-state index contributed by atoms with van der Waals surface area (Å²) in [6.45, 7) is 7.60. The zero-order chi connectivity index (χ0) is 25.3. The Labute approximate surface area is 207 Å². The van der Waals surface area contributed by atoms with Crippen molar-refractivity contribution in [3.63, 3.8) is 0 Å². The van der Waals surface area contributed by atoms with Crippen molar-refractivity contribution in [3.05, 3.63) is 92.4 Å². The number of hydrogen-bond donors (Lipinski definition) is 1.